The Morgan fingerprint density at radius 1 is 1.07 bits per heavy atom. The van der Waals surface area contributed by atoms with Gasteiger partial charge in [0.15, 0.2) is 0 Å². The predicted molar refractivity (Wildman–Crippen MR) is 112 cm³/mol. The molecule has 0 aliphatic rings. The first-order valence-electron chi connectivity index (χ1n) is 9.23. The van der Waals surface area contributed by atoms with Crippen molar-refractivity contribution < 1.29 is 13.9 Å². The minimum absolute atomic E-state index is 0.291. The molecule has 148 valence electrons. The van der Waals surface area contributed by atoms with E-state index in [1.807, 2.05) is 18.2 Å². The van der Waals surface area contributed by atoms with Crippen molar-refractivity contribution in [3.05, 3.63) is 62.8 Å². The molecule has 0 atom stereocenters. The van der Waals surface area contributed by atoms with E-state index >= 15 is 0 Å². The van der Waals surface area contributed by atoms with E-state index in [2.05, 4.69) is 28.2 Å². The summed E-state index contributed by atoms with van der Waals surface area (Å²) in [5.74, 6) is 0.432. The first-order valence-corrected chi connectivity index (χ1v) is 10.4. The lowest BCUT2D eigenvalue weighted by Gasteiger charge is -2.14. The Balaban J connectivity index is 1.83. The number of rotatable bonds is 12. The number of hydrogen-bond acceptors (Lipinski definition) is 3. The molecule has 0 aliphatic carbocycles. The third kappa shape index (κ3) is 8.18. The van der Waals surface area contributed by atoms with E-state index in [0.717, 1.165) is 60.4 Å². The number of unbranched alkanes of at least 4 members (excludes halogenated alkanes) is 1. The Labute approximate surface area is 174 Å². The van der Waals surface area contributed by atoms with Crippen LogP contribution in [0.5, 0.6) is 5.75 Å². The molecular formula is C21H26BrClFNO2. The molecule has 0 amide bonds. The minimum atomic E-state index is -0.351. The van der Waals surface area contributed by atoms with Gasteiger partial charge in [0.25, 0.3) is 0 Å². The van der Waals surface area contributed by atoms with Crippen molar-refractivity contribution in [2.75, 3.05) is 19.8 Å². The molecule has 0 fully saturated rings. The van der Waals surface area contributed by atoms with Crippen LogP contribution in [0.2, 0.25) is 5.02 Å². The largest absolute Gasteiger partial charge is 0.489 e. The number of ether oxygens (including phenoxy) is 2. The third-order valence-corrected chi connectivity index (χ3v) is 4.87. The Morgan fingerprint density at radius 2 is 1.89 bits per heavy atom. The molecule has 0 saturated heterocycles. The minimum Gasteiger partial charge on any atom is -0.489 e. The molecule has 0 unspecified atom stereocenters. The monoisotopic (exact) mass is 457 g/mol. The van der Waals surface area contributed by atoms with Crippen molar-refractivity contribution in [3.63, 3.8) is 0 Å². The molecule has 3 nitrogen and oxygen atoms in total. The van der Waals surface area contributed by atoms with Gasteiger partial charge in [0.1, 0.15) is 18.2 Å². The topological polar surface area (TPSA) is 30.5 Å². The quantitative estimate of drug-likeness (QED) is 0.389. The standard InChI is InChI=1S/C21H26BrClFNO2/c1-2-3-10-26-11-4-9-25-14-17-12-18(22)6-8-21(17)27-15-16-5-7-19(24)13-20(16)23/h5-8,12-13,25H,2-4,9-11,14-15H2,1H3. The zero-order valence-electron chi connectivity index (χ0n) is 15.6. The maximum Gasteiger partial charge on any atom is 0.124 e. The highest BCUT2D eigenvalue weighted by Gasteiger charge is 2.08. The lowest BCUT2D eigenvalue weighted by atomic mass is 10.2. The van der Waals surface area contributed by atoms with Crippen LogP contribution in [0.3, 0.4) is 0 Å². The molecule has 0 heterocycles. The fourth-order valence-corrected chi connectivity index (χ4v) is 3.12. The van der Waals surface area contributed by atoms with Crippen LogP contribution >= 0.6 is 27.5 Å². The molecule has 0 aliphatic heterocycles. The van der Waals surface area contributed by atoms with Crippen LogP contribution in [0.1, 0.15) is 37.3 Å². The fourth-order valence-electron chi connectivity index (χ4n) is 2.49. The van der Waals surface area contributed by atoms with Gasteiger partial charge in [-0.2, -0.15) is 0 Å². The Morgan fingerprint density at radius 3 is 2.67 bits per heavy atom. The predicted octanol–water partition coefficient (Wildman–Crippen LogP) is 6.12. The van der Waals surface area contributed by atoms with Crippen molar-refractivity contribution in [2.45, 2.75) is 39.3 Å². The van der Waals surface area contributed by atoms with Crippen LogP contribution < -0.4 is 10.1 Å². The van der Waals surface area contributed by atoms with Crippen LogP contribution in [-0.4, -0.2) is 19.8 Å². The molecule has 0 saturated carbocycles. The molecule has 0 bridgehead atoms. The van der Waals surface area contributed by atoms with Gasteiger partial charge >= 0.3 is 0 Å². The molecule has 0 aromatic heterocycles. The fraction of sp³-hybridized carbons (Fsp3) is 0.429. The lowest BCUT2D eigenvalue weighted by Crippen LogP contribution is -2.17. The van der Waals surface area contributed by atoms with Gasteiger partial charge in [-0.05, 0) is 49.7 Å². The van der Waals surface area contributed by atoms with E-state index in [-0.39, 0.29) is 5.82 Å². The molecule has 2 aromatic rings. The van der Waals surface area contributed by atoms with Gasteiger partial charge in [0.2, 0.25) is 0 Å². The summed E-state index contributed by atoms with van der Waals surface area (Å²) in [7, 11) is 0. The highest BCUT2D eigenvalue weighted by Crippen LogP contribution is 2.25. The SMILES string of the molecule is CCCCOCCCNCc1cc(Br)ccc1OCc1ccc(F)cc1Cl. The number of benzene rings is 2. The van der Waals surface area contributed by atoms with Crippen LogP contribution in [0.15, 0.2) is 40.9 Å². The van der Waals surface area contributed by atoms with Gasteiger partial charge in [0.05, 0.1) is 5.02 Å². The molecule has 27 heavy (non-hydrogen) atoms. The van der Waals surface area contributed by atoms with Gasteiger partial charge in [0, 0.05) is 35.4 Å². The lowest BCUT2D eigenvalue weighted by molar-refractivity contribution is 0.128. The van der Waals surface area contributed by atoms with Crippen molar-refractivity contribution in [1.82, 2.24) is 5.32 Å². The Bertz CT molecular complexity index is 715. The third-order valence-electron chi connectivity index (χ3n) is 4.02. The van der Waals surface area contributed by atoms with Gasteiger partial charge in [-0.15, -0.1) is 0 Å². The van der Waals surface area contributed by atoms with Gasteiger partial charge in [-0.1, -0.05) is 46.9 Å². The highest BCUT2D eigenvalue weighted by atomic mass is 79.9. The molecule has 0 spiro atoms. The smallest absolute Gasteiger partial charge is 0.124 e. The van der Waals surface area contributed by atoms with Crippen molar-refractivity contribution in [1.29, 1.82) is 0 Å². The number of nitrogens with one attached hydrogen (secondary N) is 1. The zero-order valence-corrected chi connectivity index (χ0v) is 17.9. The first kappa shape index (κ1) is 22.2. The summed E-state index contributed by atoms with van der Waals surface area (Å²) in [5, 5.41) is 3.79. The zero-order chi connectivity index (χ0) is 19.5. The summed E-state index contributed by atoms with van der Waals surface area (Å²) >= 11 is 9.58. The van der Waals surface area contributed by atoms with E-state index in [1.165, 1.54) is 12.1 Å². The van der Waals surface area contributed by atoms with E-state index in [9.17, 15) is 4.39 Å². The van der Waals surface area contributed by atoms with E-state index in [0.29, 0.717) is 18.2 Å². The summed E-state index contributed by atoms with van der Waals surface area (Å²) in [4.78, 5) is 0. The second-order valence-electron chi connectivity index (χ2n) is 6.27. The summed E-state index contributed by atoms with van der Waals surface area (Å²) < 4.78 is 25.6. The van der Waals surface area contributed by atoms with Gasteiger partial charge in [-0.25, -0.2) is 4.39 Å². The number of hydrogen-bond donors (Lipinski definition) is 1. The van der Waals surface area contributed by atoms with Crippen molar-refractivity contribution in [3.8, 4) is 5.75 Å². The molecule has 2 rings (SSSR count). The van der Waals surface area contributed by atoms with Crippen molar-refractivity contribution in [2.24, 2.45) is 0 Å². The van der Waals surface area contributed by atoms with E-state index in [4.69, 9.17) is 21.1 Å². The molecule has 1 N–H and O–H groups in total. The maximum atomic E-state index is 13.2. The van der Waals surface area contributed by atoms with Gasteiger partial charge < -0.3 is 14.8 Å². The summed E-state index contributed by atoms with van der Waals surface area (Å²) in [6.07, 6.45) is 3.25. The molecule has 2 aromatic carbocycles. The summed E-state index contributed by atoms with van der Waals surface area (Å²) in [6.45, 7) is 5.64. The number of halogens is 3. The Hall–Kier alpha value is -1.14. The van der Waals surface area contributed by atoms with Crippen LogP contribution in [-0.2, 0) is 17.9 Å². The molecule has 0 radical (unpaired) electrons. The van der Waals surface area contributed by atoms with Gasteiger partial charge in [-0.3, -0.25) is 0 Å². The average molecular weight is 459 g/mol. The van der Waals surface area contributed by atoms with E-state index < -0.39 is 0 Å². The van der Waals surface area contributed by atoms with Crippen molar-refractivity contribution >= 4 is 27.5 Å². The van der Waals surface area contributed by atoms with Crippen LogP contribution in [0.4, 0.5) is 4.39 Å². The van der Waals surface area contributed by atoms with Crippen LogP contribution in [0.25, 0.3) is 0 Å². The second-order valence-corrected chi connectivity index (χ2v) is 7.60. The average Bonchev–Trinajstić information content (AvgIpc) is 2.64. The first-order chi connectivity index (χ1) is 13.1. The summed E-state index contributed by atoms with van der Waals surface area (Å²) in [5.41, 5.74) is 1.80. The Kier molecular flexibility index (Phi) is 10.1. The normalized spacial score (nSPS) is 11.0. The molecule has 6 heteroatoms. The highest BCUT2D eigenvalue weighted by molar-refractivity contribution is 9.10. The maximum absolute atomic E-state index is 13.2. The molecular weight excluding hydrogens is 433 g/mol. The van der Waals surface area contributed by atoms with Crippen LogP contribution in [0, 0.1) is 5.82 Å². The summed E-state index contributed by atoms with van der Waals surface area (Å²) in [6, 6.07) is 10.2. The van der Waals surface area contributed by atoms with E-state index in [1.54, 1.807) is 6.07 Å². The second kappa shape index (κ2) is 12.3.